The number of nitrogens with zero attached hydrogens (tertiary/aromatic N) is 2. The van der Waals surface area contributed by atoms with E-state index in [0.717, 1.165) is 29.3 Å². The molecule has 1 aromatic heterocycles. The number of benzene rings is 2. The number of aromatic nitrogens is 2. The van der Waals surface area contributed by atoms with Crippen molar-refractivity contribution < 1.29 is 0 Å². The van der Waals surface area contributed by atoms with Crippen LogP contribution < -0.4 is 0 Å². The summed E-state index contributed by atoms with van der Waals surface area (Å²) in [5.74, 6) is 0.596. The van der Waals surface area contributed by atoms with Crippen molar-refractivity contribution in [1.82, 2.24) is 9.97 Å². The highest BCUT2D eigenvalue weighted by molar-refractivity contribution is 6.34. The second-order valence-corrected chi connectivity index (χ2v) is 5.74. The second kappa shape index (κ2) is 6.00. The van der Waals surface area contributed by atoms with Crippen LogP contribution >= 0.6 is 23.2 Å². The summed E-state index contributed by atoms with van der Waals surface area (Å²) in [7, 11) is 0. The summed E-state index contributed by atoms with van der Waals surface area (Å²) in [6.07, 6.45) is 2.13. The average molecular weight is 317 g/mol. The first-order valence-electron chi connectivity index (χ1n) is 6.89. The molecule has 0 spiro atoms. The molecule has 0 aliphatic rings. The largest absolute Gasteiger partial charge is 0.228 e. The maximum absolute atomic E-state index is 6.34. The van der Waals surface area contributed by atoms with E-state index in [1.165, 1.54) is 5.56 Å². The van der Waals surface area contributed by atoms with E-state index in [2.05, 4.69) is 29.0 Å². The molecule has 0 saturated heterocycles. The highest BCUT2D eigenvalue weighted by Gasteiger charge is 2.09. The minimum Gasteiger partial charge on any atom is -0.228 e. The van der Waals surface area contributed by atoms with Crippen molar-refractivity contribution in [1.29, 1.82) is 0 Å². The Balaban J connectivity index is 2.13. The summed E-state index contributed by atoms with van der Waals surface area (Å²) in [6.45, 7) is 2.16. The lowest BCUT2D eigenvalue weighted by Gasteiger charge is -2.07. The molecule has 0 aliphatic heterocycles. The van der Waals surface area contributed by atoms with E-state index in [9.17, 15) is 0 Å². The van der Waals surface area contributed by atoms with Gasteiger partial charge in [0, 0.05) is 16.0 Å². The molecular weight excluding hydrogens is 303 g/mol. The maximum atomic E-state index is 6.34. The molecule has 4 heteroatoms. The van der Waals surface area contributed by atoms with E-state index in [4.69, 9.17) is 23.2 Å². The van der Waals surface area contributed by atoms with E-state index < -0.39 is 0 Å². The first-order chi connectivity index (χ1) is 10.2. The van der Waals surface area contributed by atoms with Crippen molar-refractivity contribution in [3.63, 3.8) is 0 Å². The Hall–Kier alpha value is -1.64. The summed E-state index contributed by atoms with van der Waals surface area (Å²) in [5.41, 5.74) is 2.97. The lowest BCUT2D eigenvalue weighted by molar-refractivity contribution is 0.923. The van der Waals surface area contributed by atoms with Crippen LogP contribution in [0.5, 0.6) is 0 Å². The zero-order valence-electron chi connectivity index (χ0n) is 11.6. The van der Waals surface area contributed by atoms with E-state index in [-0.39, 0.29) is 0 Å². The fourth-order valence-corrected chi connectivity index (χ4v) is 2.76. The molecule has 0 unspecified atom stereocenters. The Labute approximate surface area is 133 Å². The van der Waals surface area contributed by atoms with Crippen LogP contribution in [-0.4, -0.2) is 9.97 Å². The zero-order chi connectivity index (χ0) is 14.8. The highest BCUT2D eigenvalue weighted by atomic mass is 35.5. The summed E-state index contributed by atoms with van der Waals surface area (Å²) >= 11 is 12.4. The van der Waals surface area contributed by atoms with Crippen LogP contribution in [0.2, 0.25) is 10.2 Å². The summed E-state index contributed by atoms with van der Waals surface area (Å²) in [4.78, 5) is 9.00. The molecule has 2 aromatic carbocycles. The van der Waals surface area contributed by atoms with Crippen molar-refractivity contribution in [2.24, 2.45) is 0 Å². The first kappa shape index (κ1) is 14.3. The number of hydrogen-bond donors (Lipinski definition) is 0. The van der Waals surface area contributed by atoms with Gasteiger partial charge in [0.05, 0.1) is 5.52 Å². The van der Waals surface area contributed by atoms with Crippen LogP contribution in [0.15, 0.2) is 42.5 Å². The van der Waals surface area contributed by atoms with Gasteiger partial charge in [-0.1, -0.05) is 54.7 Å². The maximum Gasteiger partial charge on any atom is 0.161 e. The van der Waals surface area contributed by atoms with E-state index in [1.807, 2.05) is 30.3 Å². The van der Waals surface area contributed by atoms with Crippen molar-refractivity contribution >= 4 is 34.1 Å². The van der Waals surface area contributed by atoms with Crippen LogP contribution in [-0.2, 0) is 6.42 Å². The lowest BCUT2D eigenvalue weighted by Crippen LogP contribution is -1.93. The number of hydrogen-bond acceptors (Lipinski definition) is 2. The third-order valence-electron chi connectivity index (χ3n) is 3.34. The Morgan fingerprint density at radius 2 is 1.86 bits per heavy atom. The minimum atomic E-state index is 0.480. The van der Waals surface area contributed by atoms with Crippen LogP contribution in [0.1, 0.15) is 18.9 Å². The average Bonchev–Trinajstić information content (AvgIpc) is 2.48. The van der Waals surface area contributed by atoms with Crippen LogP contribution in [0, 0.1) is 0 Å². The molecule has 0 amide bonds. The molecular formula is C17H14Cl2N2. The van der Waals surface area contributed by atoms with Gasteiger partial charge >= 0.3 is 0 Å². The quantitative estimate of drug-likeness (QED) is 0.591. The topological polar surface area (TPSA) is 25.8 Å². The summed E-state index contributed by atoms with van der Waals surface area (Å²) in [6, 6.07) is 13.6. The molecule has 0 fully saturated rings. The van der Waals surface area contributed by atoms with Gasteiger partial charge in [-0.25, -0.2) is 9.97 Å². The molecule has 0 bridgehead atoms. The third kappa shape index (κ3) is 3.02. The Morgan fingerprint density at radius 3 is 2.62 bits per heavy atom. The number of halogens is 2. The van der Waals surface area contributed by atoms with Gasteiger partial charge in [-0.15, -0.1) is 0 Å². The monoisotopic (exact) mass is 316 g/mol. The van der Waals surface area contributed by atoms with Gasteiger partial charge in [-0.3, -0.25) is 0 Å². The summed E-state index contributed by atoms with van der Waals surface area (Å²) < 4.78 is 0. The predicted octanol–water partition coefficient (Wildman–Crippen LogP) is 5.56. The lowest BCUT2D eigenvalue weighted by atomic mass is 10.1. The van der Waals surface area contributed by atoms with Gasteiger partial charge in [-0.05, 0) is 36.2 Å². The van der Waals surface area contributed by atoms with Crippen LogP contribution in [0.3, 0.4) is 0 Å². The molecule has 1 heterocycles. The van der Waals surface area contributed by atoms with Crippen molar-refractivity contribution in [3.8, 4) is 11.4 Å². The van der Waals surface area contributed by atoms with E-state index >= 15 is 0 Å². The first-order valence-corrected chi connectivity index (χ1v) is 7.65. The number of rotatable bonds is 3. The molecule has 0 N–H and O–H groups in total. The molecule has 106 valence electrons. The molecule has 0 radical (unpaired) electrons. The van der Waals surface area contributed by atoms with Gasteiger partial charge in [0.25, 0.3) is 0 Å². The molecule has 0 aliphatic carbocycles. The Morgan fingerprint density at radius 1 is 1.00 bits per heavy atom. The van der Waals surface area contributed by atoms with E-state index in [1.54, 1.807) is 0 Å². The molecule has 0 saturated carbocycles. The van der Waals surface area contributed by atoms with Crippen molar-refractivity contribution in [2.45, 2.75) is 19.8 Å². The molecule has 3 aromatic rings. The normalized spacial score (nSPS) is 11.0. The van der Waals surface area contributed by atoms with Gasteiger partial charge in [0.2, 0.25) is 0 Å². The van der Waals surface area contributed by atoms with Crippen molar-refractivity contribution in [3.05, 3.63) is 58.2 Å². The zero-order valence-corrected chi connectivity index (χ0v) is 13.1. The fourth-order valence-electron chi connectivity index (χ4n) is 2.34. The number of aryl methyl sites for hydroxylation is 1. The Kier molecular flexibility index (Phi) is 4.09. The molecule has 3 rings (SSSR count). The third-order valence-corrected chi connectivity index (χ3v) is 3.86. The fraction of sp³-hybridized carbons (Fsp3) is 0.176. The SMILES string of the molecule is CCCc1ccc2nc(-c3cccc(Cl)c3)nc(Cl)c2c1. The van der Waals surface area contributed by atoms with Gasteiger partial charge < -0.3 is 0 Å². The van der Waals surface area contributed by atoms with Crippen LogP contribution in [0.25, 0.3) is 22.3 Å². The van der Waals surface area contributed by atoms with Gasteiger partial charge in [0.15, 0.2) is 5.82 Å². The van der Waals surface area contributed by atoms with E-state index in [0.29, 0.717) is 16.0 Å². The highest BCUT2D eigenvalue weighted by Crippen LogP contribution is 2.27. The molecule has 21 heavy (non-hydrogen) atoms. The number of fused-ring (bicyclic) bond motifs is 1. The molecule has 0 atom stereocenters. The van der Waals surface area contributed by atoms with Crippen molar-refractivity contribution in [2.75, 3.05) is 0 Å². The van der Waals surface area contributed by atoms with Crippen LogP contribution in [0.4, 0.5) is 0 Å². The molecule has 2 nitrogen and oxygen atoms in total. The Bertz CT molecular complexity index is 800. The van der Waals surface area contributed by atoms with Gasteiger partial charge in [-0.2, -0.15) is 0 Å². The standard InChI is InChI=1S/C17H14Cl2N2/c1-2-4-11-7-8-15-14(9-11)16(19)21-17(20-15)12-5-3-6-13(18)10-12/h3,5-10H,2,4H2,1H3. The summed E-state index contributed by atoms with van der Waals surface area (Å²) in [5, 5.41) is 2.03. The second-order valence-electron chi connectivity index (χ2n) is 4.95. The minimum absolute atomic E-state index is 0.480. The van der Waals surface area contributed by atoms with Gasteiger partial charge in [0.1, 0.15) is 5.15 Å². The smallest absolute Gasteiger partial charge is 0.161 e. The predicted molar refractivity (Wildman–Crippen MR) is 89.0 cm³/mol.